The minimum Gasteiger partial charge on any atom is -0.388 e. The van der Waals surface area contributed by atoms with Crippen LogP contribution >= 0.6 is 0 Å². The van der Waals surface area contributed by atoms with Crippen LogP contribution in [0.5, 0.6) is 0 Å². The van der Waals surface area contributed by atoms with E-state index in [-0.39, 0.29) is 5.91 Å². The van der Waals surface area contributed by atoms with Crippen molar-refractivity contribution >= 4 is 5.91 Å². The molecule has 0 aliphatic carbocycles. The normalized spacial score (nSPS) is 15.9. The Labute approximate surface area is 108 Å². The molecular weight excluding hydrogens is 226 g/mol. The molecular formula is C15H21NO2. The summed E-state index contributed by atoms with van der Waals surface area (Å²) < 4.78 is 0. The van der Waals surface area contributed by atoms with Gasteiger partial charge in [0, 0.05) is 19.5 Å². The molecule has 1 fully saturated rings. The van der Waals surface area contributed by atoms with Crippen molar-refractivity contribution in [2.24, 2.45) is 0 Å². The molecule has 2 rings (SSSR count). The van der Waals surface area contributed by atoms with Gasteiger partial charge in [-0.25, -0.2) is 0 Å². The average molecular weight is 247 g/mol. The summed E-state index contributed by atoms with van der Waals surface area (Å²) >= 11 is 0. The Morgan fingerprint density at radius 2 is 1.78 bits per heavy atom. The van der Waals surface area contributed by atoms with Crippen molar-refractivity contribution in [2.75, 3.05) is 13.1 Å². The second-order valence-corrected chi connectivity index (χ2v) is 5.26. The summed E-state index contributed by atoms with van der Waals surface area (Å²) in [4.78, 5) is 13.3. The van der Waals surface area contributed by atoms with E-state index >= 15 is 0 Å². The Balaban J connectivity index is 1.87. The van der Waals surface area contributed by atoms with Gasteiger partial charge in [-0.05, 0) is 23.5 Å². The molecule has 1 saturated heterocycles. The Morgan fingerprint density at radius 1 is 1.22 bits per heavy atom. The first kappa shape index (κ1) is 13.1. The van der Waals surface area contributed by atoms with Crippen LogP contribution in [0, 0.1) is 0 Å². The Hall–Kier alpha value is -1.35. The Kier molecular flexibility index (Phi) is 4.02. The fourth-order valence-electron chi connectivity index (χ4n) is 1.99. The zero-order valence-corrected chi connectivity index (χ0v) is 11.1. The van der Waals surface area contributed by atoms with E-state index in [1.165, 1.54) is 5.56 Å². The fraction of sp³-hybridized carbons (Fsp3) is 0.533. The molecule has 3 heteroatoms. The number of hydrogen-bond acceptors (Lipinski definition) is 2. The summed E-state index contributed by atoms with van der Waals surface area (Å²) in [6, 6.07) is 8.02. The van der Waals surface area contributed by atoms with Gasteiger partial charge < -0.3 is 10.0 Å². The lowest BCUT2D eigenvalue weighted by Crippen LogP contribution is -2.11. The topological polar surface area (TPSA) is 40.3 Å². The van der Waals surface area contributed by atoms with Crippen LogP contribution in [0.2, 0.25) is 0 Å². The molecule has 1 amide bonds. The van der Waals surface area contributed by atoms with E-state index < -0.39 is 6.10 Å². The molecule has 1 unspecified atom stereocenters. The highest BCUT2D eigenvalue weighted by Crippen LogP contribution is 2.22. The monoisotopic (exact) mass is 247 g/mol. The predicted octanol–water partition coefficient (Wildman–Crippen LogP) is 2.47. The number of amides is 1. The van der Waals surface area contributed by atoms with E-state index in [2.05, 4.69) is 26.0 Å². The van der Waals surface area contributed by atoms with Gasteiger partial charge in [-0.1, -0.05) is 38.1 Å². The lowest BCUT2D eigenvalue weighted by atomic mass is 9.98. The van der Waals surface area contributed by atoms with Crippen molar-refractivity contribution < 1.29 is 9.90 Å². The van der Waals surface area contributed by atoms with E-state index in [9.17, 15) is 9.90 Å². The van der Waals surface area contributed by atoms with Crippen LogP contribution in [0.25, 0.3) is 0 Å². The van der Waals surface area contributed by atoms with Crippen molar-refractivity contribution in [1.82, 2.24) is 4.90 Å². The quantitative estimate of drug-likeness (QED) is 0.812. The average Bonchev–Trinajstić information content (AvgIpc) is 3.20. The largest absolute Gasteiger partial charge is 0.388 e. The molecule has 0 bridgehead atoms. The van der Waals surface area contributed by atoms with Gasteiger partial charge in [-0.15, -0.1) is 0 Å². The molecule has 1 aliphatic rings. The molecule has 1 aliphatic heterocycles. The first-order chi connectivity index (χ1) is 8.58. The molecule has 1 aromatic carbocycles. The minimum atomic E-state index is -0.532. The van der Waals surface area contributed by atoms with Crippen LogP contribution in [0.1, 0.15) is 49.8 Å². The van der Waals surface area contributed by atoms with Crippen LogP contribution < -0.4 is 0 Å². The van der Waals surface area contributed by atoms with Gasteiger partial charge in [-0.2, -0.15) is 0 Å². The van der Waals surface area contributed by atoms with Gasteiger partial charge in [0.2, 0.25) is 5.91 Å². The van der Waals surface area contributed by atoms with Gasteiger partial charge in [0.05, 0.1) is 6.10 Å². The van der Waals surface area contributed by atoms with Crippen molar-refractivity contribution in [3.8, 4) is 0 Å². The number of nitrogens with zero attached hydrogens (tertiary/aromatic N) is 1. The summed E-state index contributed by atoms with van der Waals surface area (Å²) in [5.41, 5.74) is 2.17. The second kappa shape index (κ2) is 5.53. The number of carbonyl (C=O) groups is 1. The van der Waals surface area contributed by atoms with Crippen LogP contribution in [0.3, 0.4) is 0 Å². The third kappa shape index (κ3) is 3.33. The van der Waals surface area contributed by atoms with Crippen molar-refractivity contribution in [3.63, 3.8) is 0 Å². The lowest BCUT2D eigenvalue weighted by Gasteiger charge is -2.12. The molecule has 0 aromatic heterocycles. The summed E-state index contributed by atoms with van der Waals surface area (Å²) in [5, 5.41) is 10.0. The highest BCUT2D eigenvalue weighted by atomic mass is 16.3. The first-order valence-electron chi connectivity index (χ1n) is 6.63. The van der Waals surface area contributed by atoms with Gasteiger partial charge in [0.15, 0.2) is 0 Å². The van der Waals surface area contributed by atoms with Gasteiger partial charge in [0.1, 0.15) is 0 Å². The molecule has 1 heterocycles. The van der Waals surface area contributed by atoms with Crippen LogP contribution in [-0.2, 0) is 4.79 Å². The summed E-state index contributed by atoms with van der Waals surface area (Å²) in [6.45, 7) is 6.07. The number of hydrogen-bond donors (Lipinski definition) is 1. The van der Waals surface area contributed by atoms with E-state index in [1.807, 2.05) is 12.1 Å². The maximum Gasteiger partial charge on any atom is 0.222 e. The third-order valence-corrected chi connectivity index (χ3v) is 3.42. The number of rotatable bonds is 5. The smallest absolute Gasteiger partial charge is 0.222 e. The maximum absolute atomic E-state index is 11.5. The van der Waals surface area contributed by atoms with E-state index in [4.69, 9.17) is 0 Å². The predicted molar refractivity (Wildman–Crippen MR) is 71.3 cm³/mol. The molecule has 1 atom stereocenters. The van der Waals surface area contributed by atoms with E-state index in [1.54, 1.807) is 4.90 Å². The molecule has 98 valence electrons. The SMILES string of the molecule is CC(C)c1ccc(C(O)CCC(=O)N2CC2)cc1. The Morgan fingerprint density at radius 3 is 2.28 bits per heavy atom. The fourth-order valence-corrected chi connectivity index (χ4v) is 1.99. The molecule has 0 saturated carbocycles. The maximum atomic E-state index is 11.5. The number of aliphatic hydroxyl groups excluding tert-OH is 1. The molecule has 0 spiro atoms. The zero-order chi connectivity index (χ0) is 13.1. The zero-order valence-electron chi connectivity index (χ0n) is 11.1. The number of aliphatic hydroxyl groups is 1. The molecule has 18 heavy (non-hydrogen) atoms. The molecule has 0 radical (unpaired) electrons. The first-order valence-corrected chi connectivity index (χ1v) is 6.63. The summed E-state index contributed by atoms with van der Waals surface area (Å²) in [5.74, 6) is 0.660. The van der Waals surface area contributed by atoms with E-state index in [0.717, 1.165) is 18.7 Å². The Bertz CT molecular complexity index is 407. The molecule has 1 aromatic rings. The van der Waals surface area contributed by atoms with Crippen LogP contribution in [-0.4, -0.2) is 29.0 Å². The lowest BCUT2D eigenvalue weighted by molar-refractivity contribution is -0.126. The van der Waals surface area contributed by atoms with Crippen molar-refractivity contribution in [2.45, 2.75) is 38.7 Å². The molecule has 1 N–H and O–H groups in total. The number of benzene rings is 1. The van der Waals surface area contributed by atoms with Gasteiger partial charge in [-0.3, -0.25) is 4.79 Å². The summed E-state index contributed by atoms with van der Waals surface area (Å²) in [7, 11) is 0. The number of carbonyl (C=O) groups excluding carboxylic acids is 1. The minimum absolute atomic E-state index is 0.160. The van der Waals surface area contributed by atoms with E-state index in [0.29, 0.717) is 18.8 Å². The summed E-state index contributed by atoms with van der Waals surface area (Å²) in [6.07, 6.45) is 0.416. The van der Waals surface area contributed by atoms with Gasteiger partial charge in [0.25, 0.3) is 0 Å². The van der Waals surface area contributed by atoms with Crippen LogP contribution in [0.15, 0.2) is 24.3 Å². The standard InChI is InChI=1S/C15H21NO2/c1-11(2)12-3-5-13(6-4-12)14(17)7-8-15(18)16-9-10-16/h3-6,11,14,17H,7-10H2,1-2H3. The third-order valence-electron chi connectivity index (χ3n) is 3.42. The highest BCUT2D eigenvalue weighted by molar-refractivity contribution is 5.78. The van der Waals surface area contributed by atoms with Gasteiger partial charge >= 0.3 is 0 Å². The van der Waals surface area contributed by atoms with Crippen molar-refractivity contribution in [3.05, 3.63) is 35.4 Å². The van der Waals surface area contributed by atoms with Crippen molar-refractivity contribution in [1.29, 1.82) is 0 Å². The highest BCUT2D eigenvalue weighted by Gasteiger charge is 2.24. The molecule has 3 nitrogen and oxygen atoms in total. The van der Waals surface area contributed by atoms with Crippen LogP contribution in [0.4, 0.5) is 0 Å². The second-order valence-electron chi connectivity index (χ2n) is 5.26.